The molecule has 0 amide bonds. The Balaban J connectivity index is 2.03. The Bertz CT molecular complexity index is 828. The summed E-state index contributed by atoms with van der Waals surface area (Å²) >= 11 is 0. The highest BCUT2D eigenvalue weighted by atomic mass is 16.1. The number of benzene rings is 1. The topological polar surface area (TPSA) is 53.9 Å². The van der Waals surface area contributed by atoms with Crippen LogP contribution in [0.2, 0.25) is 0 Å². The van der Waals surface area contributed by atoms with Crippen LogP contribution in [0.3, 0.4) is 0 Å². The number of hydrogen-bond donors (Lipinski definition) is 1. The van der Waals surface area contributed by atoms with E-state index in [0.717, 1.165) is 23.3 Å². The molecule has 3 rings (SSSR count). The first-order chi connectivity index (χ1) is 10.0. The van der Waals surface area contributed by atoms with Gasteiger partial charge in [-0.1, -0.05) is 12.1 Å². The van der Waals surface area contributed by atoms with Gasteiger partial charge in [0.05, 0.1) is 5.69 Å². The Morgan fingerprint density at radius 1 is 1.24 bits per heavy atom. The lowest BCUT2D eigenvalue weighted by Gasteiger charge is -2.10. The lowest BCUT2D eigenvalue weighted by molar-refractivity contribution is 0.402. The summed E-state index contributed by atoms with van der Waals surface area (Å²) in [4.78, 5) is 21.4. The molecule has 0 aliphatic rings. The average molecular weight is 282 g/mol. The largest absolute Gasteiger partial charge is 0.354 e. The van der Waals surface area contributed by atoms with Crippen molar-refractivity contribution in [1.82, 2.24) is 19.4 Å². The third-order valence-corrected chi connectivity index (χ3v) is 3.36. The van der Waals surface area contributed by atoms with Crippen LogP contribution in [-0.4, -0.2) is 33.5 Å². The molecule has 0 spiro atoms. The third-order valence-electron chi connectivity index (χ3n) is 3.36. The van der Waals surface area contributed by atoms with Gasteiger partial charge in [0.2, 0.25) is 0 Å². The monoisotopic (exact) mass is 282 g/mol. The van der Waals surface area contributed by atoms with E-state index in [4.69, 9.17) is 0 Å². The van der Waals surface area contributed by atoms with E-state index in [1.807, 2.05) is 57.5 Å². The summed E-state index contributed by atoms with van der Waals surface area (Å²) in [6.07, 6.45) is 1.83. The number of aryl methyl sites for hydroxylation is 1. The summed E-state index contributed by atoms with van der Waals surface area (Å²) < 4.78 is 1.58. The van der Waals surface area contributed by atoms with Crippen LogP contribution in [0.25, 0.3) is 16.7 Å². The Morgan fingerprint density at radius 3 is 2.62 bits per heavy atom. The molecule has 0 saturated heterocycles. The molecule has 1 aromatic carbocycles. The van der Waals surface area contributed by atoms with Gasteiger partial charge in [-0.3, -0.25) is 4.57 Å². The second kappa shape index (κ2) is 5.18. The fraction of sp³-hybridized carbons (Fsp3) is 0.250. The van der Waals surface area contributed by atoms with Gasteiger partial charge in [-0.15, -0.1) is 0 Å². The Labute approximate surface area is 122 Å². The molecule has 0 atom stereocenters. The molecule has 0 bridgehead atoms. The SMILES string of the molecule is Cc1cc2cn(-c3ccc(CN(C)C)cc3)c(=O)nc2[nH]1. The summed E-state index contributed by atoms with van der Waals surface area (Å²) in [6, 6.07) is 9.96. The van der Waals surface area contributed by atoms with Gasteiger partial charge in [0.25, 0.3) is 0 Å². The van der Waals surface area contributed by atoms with E-state index in [9.17, 15) is 4.79 Å². The van der Waals surface area contributed by atoms with Crippen LogP contribution < -0.4 is 5.69 Å². The molecule has 2 heterocycles. The summed E-state index contributed by atoms with van der Waals surface area (Å²) in [5.41, 5.74) is 3.40. The number of H-pyrrole nitrogens is 1. The Kier molecular flexibility index (Phi) is 3.35. The molecular formula is C16H18N4O. The Morgan fingerprint density at radius 2 is 1.95 bits per heavy atom. The second-order valence-corrected chi connectivity index (χ2v) is 5.55. The highest BCUT2D eigenvalue weighted by Gasteiger charge is 2.06. The number of aromatic nitrogens is 3. The van der Waals surface area contributed by atoms with E-state index in [1.165, 1.54) is 5.56 Å². The molecule has 0 saturated carbocycles. The lowest BCUT2D eigenvalue weighted by Crippen LogP contribution is -2.20. The van der Waals surface area contributed by atoms with Gasteiger partial charge < -0.3 is 9.88 Å². The van der Waals surface area contributed by atoms with Gasteiger partial charge >= 0.3 is 5.69 Å². The minimum atomic E-state index is -0.273. The standard InChI is InChI=1S/C16H18N4O/c1-11-8-13-10-20(16(21)18-15(13)17-11)14-6-4-12(5-7-14)9-19(2)3/h4-8,10H,9H2,1-3H3,(H,17,18,21). The van der Waals surface area contributed by atoms with Crippen LogP contribution in [0.1, 0.15) is 11.3 Å². The first-order valence-electron chi connectivity index (χ1n) is 6.86. The molecule has 21 heavy (non-hydrogen) atoms. The van der Waals surface area contributed by atoms with Crippen molar-refractivity contribution in [3.63, 3.8) is 0 Å². The van der Waals surface area contributed by atoms with Crippen molar-refractivity contribution < 1.29 is 0 Å². The lowest BCUT2D eigenvalue weighted by atomic mass is 10.2. The predicted octanol–water partition coefficient (Wildman–Crippen LogP) is 2.08. The van der Waals surface area contributed by atoms with Gasteiger partial charge in [-0.05, 0) is 44.8 Å². The van der Waals surface area contributed by atoms with Crippen LogP contribution in [-0.2, 0) is 6.54 Å². The fourth-order valence-corrected chi connectivity index (χ4v) is 2.44. The molecule has 0 aliphatic carbocycles. The number of aromatic amines is 1. The van der Waals surface area contributed by atoms with Gasteiger partial charge in [-0.25, -0.2) is 4.79 Å². The smallest absolute Gasteiger partial charge is 0.343 e. The van der Waals surface area contributed by atoms with Crippen molar-refractivity contribution in [3.8, 4) is 5.69 Å². The normalized spacial score (nSPS) is 11.4. The molecule has 108 valence electrons. The van der Waals surface area contributed by atoms with Gasteiger partial charge in [0.15, 0.2) is 0 Å². The summed E-state index contributed by atoms with van der Waals surface area (Å²) in [5, 5.41) is 0.935. The van der Waals surface area contributed by atoms with Crippen LogP contribution in [0.15, 0.2) is 41.3 Å². The first-order valence-corrected chi connectivity index (χ1v) is 6.86. The summed E-state index contributed by atoms with van der Waals surface area (Å²) in [7, 11) is 4.06. The molecule has 5 heteroatoms. The third kappa shape index (κ3) is 2.73. The highest BCUT2D eigenvalue weighted by Crippen LogP contribution is 2.14. The van der Waals surface area contributed by atoms with E-state index in [-0.39, 0.29) is 5.69 Å². The minimum absolute atomic E-state index is 0.273. The minimum Gasteiger partial charge on any atom is -0.343 e. The molecule has 0 radical (unpaired) electrons. The quantitative estimate of drug-likeness (QED) is 0.800. The zero-order valence-electron chi connectivity index (χ0n) is 12.4. The van der Waals surface area contributed by atoms with Crippen LogP contribution in [0, 0.1) is 6.92 Å². The molecule has 1 N–H and O–H groups in total. The average Bonchev–Trinajstić information content (AvgIpc) is 2.77. The molecule has 0 unspecified atom stereocenters. The van der Waals surface area contributed by atoms with E-state index in [2.05, 4.69) is 14.9 Å². The number of nitrogens with zero attached hydrogens (tertiary/aromatic N) is 3. The predicted molar refractivity (Wildman–Crippen MR) is 83.8 cm³/mol. The summed E-state index contributed by atoms with van der Waals surface area (Å²) in [5.74, 6) is 0. The van der Waals surface area contributed by atoms with Crippen molar-refractivity contribution >= 4 is 11.0 Å². The van der Waals surface area contributed by atoms with Gasteiger partial charge in [0, 0.05) is 23.8 Å². The molecule has 5 nitrogen and oxygen atoms in total. The fourth-order valence-electron chi connectivity index (χ4n) is 2.44. The number of hydrogen-bond acceptors (Lipinski definition) is 3. The van der Waals surface area contributed by atoms with E-state index >= 15 is 0 Å². The van der Waals surface area contributed by atoms with Crippen molar-refractivity contribution in [3.05, 3.63) is 58.3 Å². The highest BCUT2D eigenvalue weighted by molar-refractivity contribution is 5.75. The maximum atomic E-state index is 12.1. The molecule has 0 fully saturated rings. The molecule has 3 aromatic rings. The van der Waals surface area contributed by atoms with Crippen molar-refractivity contribution in [2.24, 2.45) is 0 Å². The zero-order valence-corrected chi connectivity index (χ0v) is 12.4. The number of nitrogens with one attached hydrogen (secondary N) is 1. The van der Waals surface area contributed by atoms with Crippen molar-refractivity contribution in [2.75, 3.05) is 14.1 Å². The Hall–Kier alpha value is -2.40. The van der Waals surface area contributed by atoms with Crippen LogP contribution in [0.5, 0.6) is 0 Å². The first kappa shape index (κ1) is 13.6. The van der Waals surface area contributed by atoms with E-state index < -0.39 is 0 Å². The van der Waals surface area contributed by atoms with Crippen molar-refractivity contribution in [1.29, 1.82) is 0 Å². The van der Waals surface area contributed by atoms with Gasteiger partial charge in [-0.2, -0.15) is 4.98 Å². The van der Waals surface area contributed by atoms with E-state index in [0.29, 0.717) is 5.65 Å². The van der Waals surface area contributed by atoms with Crippen LogP contribution >= 0.6 is 0 Å². The molecular weight excluding hydrogens is 264 g/mol. The zero-order chi connectivity index (χ0) is 15.0. The second-order valence-electron chi connectivity index (χ2n) is 5.55. The summed E-state index contributed by atoms with van der Waals surface area (Å²) in [6.45, 7) is 2.83. The van der Waals surface area contributed by atoms with Crippen molar-refractivity contribution in [2.45, 2.75) is 13.5 Å². The van der Waals surface area contributed by atoms with Crippen LogP contribution in [0.4, 0.5) is 0 Å². The van der Waals surface area contributed by atoms with E-state index in [1.54, 1.807) is 4.57 Å². The molecule has 0 aliphatic heterocycles. The maximum absolute atomic E-state index is 12.1. The number of fused-ring (bicyclic) bond motifs is 1. The molecule has 2 aromatic heterocycles. The van der Waals surface area contributed by atoms with Gasteiger partial charge in [0.1, 0.15) is 5.65 Å². The maximum Gasteiger partial charge on any atom is 0.354 e. The number of rotatable bonds is 3.